The minimum atomic E-state index is 0.348. The monoisotopic (exact) mass is 300 g/mol. The predicted octanol–water partition coefficient (Wildman–Crippen LogP) is 3.99. The van der Waals surface area contributed by atoms with Crippen LogP contribution >= 0.6 is 23.2 Å². The van der Waals surface area contributed by atoms with Crippen LogP contribution in [0.1, 0.15) is 30.9 Å². The largest absolute Gasteiger partial charge is 0.319 e. The van der Waals surface area contributed by atoms with Crippen molar-refractivity contribution in [2.24, 2.45) is 5.92 Å². The van der Waals surface area contributed by atoms with Gasteiger partial charge >= 0.3 is 0 Å². The Morgan fingerprint density at radius 1 is 1.32 bits per heavy atom. The zero-order valence-corrected chi connectivity index (χ0v) is 13.1. The fourth-order valence-electron chi connectivity index (χ4n) is 3.13. The highest BCUT2D eigenvalue weighted by molar-refractivity contribution is 6.33. The van der Waals surface area contributed by atoms with Gasteiger partial charge in [0.15, 0.2) is 0 Å². The third kappa shape index (κ3) is 3.63. The summed E-state index contributed by atoms with van der Waals surface area (Å²) in [5, 5.41) is 4.90. The molecule has 1 aromatic rings. The molecule has 0 saturated carbocycles. The topological polar surface area (TPSA) is 15.3 Å². The molecule has 1 saturated heterocycles. The molecule has 2 unspecified atom stereocenters. The maximum Gasteiger partial charge on any atom is 0.0455 e. The van der Waals surface area contributed by atoms with Gasteiger partial charge in [-0.15, -0.1) is 0 Å². The molecule has 2 atom stereocenters. The Morgan fingerprint density at radius 2 is 2.11 bits per heavy atom. The molecule has 1 aliphatic rings. The molecule has 0 aromatic heterocycles. The van der Waals surface area contributed by atoms with Crippen LogP contribution in [0.3, 0.4) is 0 Å². The molecule has 0 amide bonds. The molecule has 0 radical (unpaired) electrons. The Bertz CT molecular complexity index is 423. The Kier molecular flexibility index (Phi) is 5.52. The Balaban J connectivity index is 2.36. The summed E-state index contributed by atoms with van der Waals surface area (Å²) >= 11 is 12.6. The van der Waals surface area contributed by atoms with E-state index < -0.39 is 0 Å². The lowest BCUT2D eigenvalue weighted by molar-refractivity contribution is 0.191. The summed E-state index contributed by atoms with van der Waals surface area (Å²) in [5.74, 6) is 0.577. The summed E-state index contributed by atoms with van der Waals surface area (Å²) in [6.07, 6.45) is 3.77. The maximum atomic E-state index is 6.41. The Labute approximate surface area is 126 Å². The maximum absolute atomic E-state index is 6.41. The van der Waals surface area contributed by atoms with Crippen molar-refractivity contribution in [3.63, 3.8) is 0 Å². The van der Waals surface area contributed by atoms with E-state index in [1.807, 2.05) is 25.2 Å². The molecule has 1 aromatic carbocycles. The van der Waals surface area contributed by atoms with Crippen molar-refractivity contribution in [2.75, 3.05) is 27.2 Å². The highest BCUT2D eigenvalue weighted by Crippen LogP contribution is 2.38. The lowest BCUT2D eigenvalue weighted by Gasteiger charge is -2.33. The van der Waals surface area contributed by atoms with Crippen LogP contribution in [0.5, 0.6) is 0 Å². The fraction of sp³-hybridized carbons (Fsp3) is 0.600. The molecule has 1 fully saturated rings. The lowest BCUT2D eigenvalue weighted by atomic mass is 9.89. The highest BCUT2D eigenvalue weighted by atomic mass is 35.5. The van der Waals surface area contributed by atoms with Crippen molar-refractivity contribution in [3.8, 4) is 0 Å². The van der Waals surface area contributed by atoms with Crippen molar-refractivity contribution in [3.05, 3.63) is 33.8 Å². The summed E-state index contributed by atoms with van der Waals surface area (Å²) in [6, 6.07) is 6.14. The van der Waals surface area contributed by atoms with Crippen LogP contribution in [0, 0.1) is 5.92 Å². The molecule has 0 bridgehead atoms. The number of halogens is 2. The van der Waals surface area contributed by atoms with E-state index in [0.717, 1.165) is 23.1 Å². The second-order valence-corrected chi connectivity index (χ2v) is 6.25. The summed E-state index contributed by atoms with van der Waals surface area (Å²) in [6.45, 7) is 2.13. The van der Waals surface area contributed by atoms with Crippen LogP contribution in [0.15, 0.2) is 18.2 Å². The molecule has 1 N–H and O–H groups in total. The molecule has 19 heavy (non-hydrogen) atoms. The lowest BCUT2D eigenvalue weighted by Crippen LogP contribution is -2.34. The summed E-state index contributed by atoms with van der Waals surface area (Å²) < 4.78 is 0. The molecule has 1 aliphatic heterocycles. The summed E-state index contributed by atoms with van der Waals surface area (Å²) in [7, 11) is 4.21. The van der Waals surface area contributed by atoms with Gasteiger partial charge in [-0.3, -0.25) is 4.90 Å². The van der Waals surface area contributed by atoms with E-state index in [0.29, 0.717) is 12.0 Å². The van der Waals surface area contributed by atoms with Crippen LogP contribution in [0.2, 0.25) is 10.0 Å². The minimum absolute atomic E-state index is 0.348. The van der Waals surface area contributed by atoms with Crippen LogP contribution in [0.4, 0.5) is 0 Å². The second kappa shape index (κ2) is 6.94. The van der Waals surface area contributed by atoms with Crippen molar-refractivity contribution in [2.45, 2.75) is 25.3 Å². The van der Waals surface area contributed by atoms with Crippen LogP contribution in [-0.2, 0) is 0 Å². The summed E-state index contributed by atoms with van der Waals surface area (Å²) in [4.78, 5) is 2.42. The van der Waals surface area contributed by atoms with E-state index in [-0.39, 0.29) is 0 Å². The average Bonchev–Trinajstić information content (AvgIpc) is 2.55. The molecule has 106 valence electrons. The first-order chi connectivity index (χ1) is 9.13. The van der Waals surface area contributed by atoms with Gasteiger partial charge in [0.1, 0.15) is 0 Å². The normalized spacial score (nSPS) is 25.3. The number of hydrogen-bond acceptors (Lipinski definition) is 2. The number of rotatable bonds is 3. The molecule has 2 rings (SSSR count). The predicted molar refractivity (Wildman–Crippen MR) is 83.1 cm³/mol. The van der Waals surface area contributed by atoms with Gasteiger partial charge < -0.3 is 5.32 Å². The first kappa shape index (κ1) is 15.1. The molecular weight excluding hydrogens is 279 g/mol. The van der Waals surface area contributed by atoms with E-state index in [2.05, 4.69) is 17.3 Å². The van der Waals surface area contributed by atoms with Gasteiger partial charge in [-0.1, -0.05) is 29.6 Å². The zero-order chi connectivity index (χ0) is 13.8. The van der Waals surface area contributed by atoms with Crippen molar-refractivity contribution < 1.29 is 0 Å². The molecule has 0 aliphatic carbocycles. The van der Waals surface area contributed by atoms with E-state index in [9.17, 15) is 0 Å². The third-order valence-corrected chi connectivity index (χ3v) is 4.58. The van der Waals surface area contributed by atoms with Crippen molar-refractivity contribution >= 4 is 23.2 Å². The van der Waals surface area contributed by atoms with Gasteiger partial charge in [0.05, 0.1) is 0 Å². The van der Waals surface area contributed by atoms with Crippen molar-refractivity contribution in [1.82, 2.24) is 10.2 Å². The second-order valence-electron chi connectivity index (χ2n) is 5.40. The third-order valence-electron chi connectivity index (χ3n) is 4.00. The zero-order valence-electron chi connectivity index (χ0n) is 11.6. The van der Waals surface area contributed by atoms with E-state index in [1.54, 1.807) is 0 Å². The first-order valence-corrected chi connectivity index (χ1v) is 7.69. The van der Waals surface area contributed by atoms with E-state index in [1.165, 1.54) is 24.8 Å². The van der Waals surface area contributed by atoms with Gasteiger partial charge in [0, 0.05) is 16.1 Å². The quantitative estimate of drug-likeness (QED) is 0.908. The van der Waals surface area contributed by atoms with Gasteiger partial charge in [0.2, 0.25) is 0 Å². The van der Waals surface area contributed by atoms with E-state index in [4.69, 9.17) is 23.2 Å². The van der Waals surface area contributed by atoms with Gasteiger partial charge in [-0.2, -0.15) is 0 Å². The average molecular weight is 301 g/mol. The van der Waals surface area contributed by atoms with Crippen molar-refractivity contribution in [1.29, 1.82) is 0 Å². The fourth-order valence-corrected chi connectivity index (χ4v) is 3.54. The molecule has 1 heterocycles. The minimum Gasteiger partial charge on any atom is -0.319 e. The van der Waals surface area contributed by atoms with Crippen LogP contribution in [0.25, 0.3) is 0 Å². The first-order valence-electron chi connectivity index (χ1n) is 6.93. The molecule has 2 nitrogen and oxygen atoms in total. The standard InChI is InChI=1S/C15H22Cl2N2/c1-18-10-11-5-3-4-8-19(2)15(11)13-9-12(16)6-7-14(13)17/h6-7,9,11,15,18H,3-5,8,10H2,1-2H3. The SMILES string of the molecule is CNCC1CCCCN(C)C1c1cc(Cl)ccc1Cl. The number of nitrogens with one attached hydrogen (secondary N) is 1. The van der Waals surface area contributed by atoms with Gasteiger partial charge in [-0.05, 0) is 69.7 Å². The smallest absolute Gasteiger partial charge is 0.0455 e. The molecule has 0 spiro atoms. The molecular formula is C15H22Cl2N2. The number of benzene rings is 1. The number of nitrogens with zero attached hydrogens (tertiary/aromatic N) is 1. The van der Waals surface area contributed by atoms with Crippen LogP contribution < -0.4 is 5.32 Å². The number of likely N-dealkylation sites (tertiary alicyclic amines) is 1. The Hall–Kier alpha value is -0.280. The molecule has 4 heteroatoms. The van der Waals surface area contributed by atoms with Crippen LogP contribution in [-0.4, -0.2) is 32.1 Å². The Morgan fingerprint density at radius 3 is 2.84 bits per heavy atom. The van der Waals surface area contributed by atoms with Gasteiger partial charge in [-0.25, -0.2) is 0 Å². The summed E-state index contributed by atoms with van der Waals surface area (Å²) in [5.41, 5.74) is 1.17. The number of hydrogen-bond donors (Lipinski definition) is 1. The van der Waals surface area contributed by atoms with E-state index >= 15 is 0 Å². The highest BCUT2D eigenvalue weighted by Gasteiger charge is 2.30. The van der Waals surface area contributed by atoms with Gasteiger partial charge in [0.25, 0.3) is 0 Å².